The number of carbonyl (C=O) groups is 1. The highest BCUT2D eigenvalue weighted by atomic mass is 16.1. The largest absolute Gasteiger partial charge is 0.300 e. The Morgan fingerprint density at radius 1 is 1.24 bits per heavy atom. The van der Waals surface area contributed by atoms with Crippen molar-refractivity contribution < 1.29 is 4.79 Å². The van der Waals surface area contributed by atoms with Gasteiger partial charge in [-0.1, -0.05) is 56.7 Å². The standard InChI is InChI=1S/C20H28O/c1-5-15(4)20(16-9-7-6-8-10-16)19-13-17(21)11-12-18(19)14(2)3/h6-10,14,18-19H,5,11-13H2,1-4H3/b20-15-/t18-,19-/m0/s1. The summed E-state index contributed by atoms with van der Waals surface area (Å²) in [4.78, 5) is 12.1. The number of Topliss-reactive ketones (excluding diaryl/α,β-unsaturated/α-hetero) is 1. The van der Waals surface area contributed by atoms with Crippen molar-refractivity contribution >= 4 is 11.4 Å². The van der Waals surface area contributed by atoms with E-state index in [1.165, 1.54) is 16.7 Å². The molecule has 1 saturated carbocycles. The number of allylic oxidation sites excluding steroid dienone is 2. The van der Waals surface area contributed by atoms with Gasteiger partial charge >= 0.3 is 0 Å². The summed E-state index contributed by atoms with van der Waals surface area (Å²) in [6.45, 7) is 9.06. The fourth-order valence-electron chi connectivity index (χ4n) is 3.73. The third kappa shape index (κ3) is 3.64. The number of hydrogen-bond acceptors (Lipinski definition) is 1. The van der Waals surface area contributed by atoms with Gasteiger partial charge in [-0.3, -0.25) is 4.79 Å². The summed E-state index contributed by atoms with van der Waals surface area (Å²) < 4.78 is 0. The van der Waals surface area contributed by atoms with Crippen LogP contribution in [0.1, 0.15) is 58.9 Å². The lowest BCUT2D eigenvalue weighted by atomic mass is 9.67. The minimum atomic E-state index is 0.397. The minimum Gasteiger partial charge on any atom is -0.300 e. The van der Waals surface area contributed by atoms with Gasteiger partial charge in [-0.2, -0.15) is 0 Å². The Hall–Kier alpha value is -1.37. The summed E-state index contributed by atoms with van der Waals surface area (Å²) in [5.41, 5.74) is 4.18. The molecule has 0 spiro atoms. The Balaban J connectivity index is 2.46. The van der Waals surface area contributed by atoms with Crippen LogP contribution < -0.4 is 0 Å². The molecule has 1 heteroatoms. The highest BCUT2D eigenvalue weighted by molar-refractivity contribution is 5.83. The smallest absolute Gasteiger partial charge is 0.133 e. The van der Waals surface area contributed by atoms with Gasteiger partial charge in [-0.25, -0.2) is 0 Å². The maximum atomic E-state index is 12.1. The predicted molar refractivity (Wildman–Crippen MR) is 90.0 cm³/mol. The fraction of sp³-hybridized carbons (Fsp3) is 0.550. The molecule has 0 amide bonds. The van der Waals surface area contributed by atoms with Crippen LogP contribution in [0.15, 0.2) is 35.9 Å². The molecule has 0 radical (unpaired) electrons. The summed E-state index contributed by atoms with van der Waals surface area (Å²) in [6, 6.07) is 10.7. The van der Waals surface area contributed by atoms with Crippen LogP contribution in [-0.2, 0) is 4.79 Å². The zero-order valence-corrected chi connectivity index (χ0v) is 13.9. The van der Waals surface area contributed by atoms with Gasteiger partial charge < -0.3 is 0 Å². The average Bonchev–Trinajstić information content (AvgIpc) is 2.48. The maximum absolute atomic E-state index is 12.1. The first-order chi connectivity index (χ1) is 10.0. The van der Waals surface area contributed by atoms with Crippen molar-refractivity contribution in [1.82, 2.24) is 0 Å². The first-order valence-corrected chi connectivity index (χ1v) is 8.31. The van der Waals surface area contributed by atoms with E-state index in [2.05, 4.69) is 58.0 Å². The lowest BCUT2D eigenvalue weighted by Gasteiger charge is -2.36. The third-order valence-corrected chi connectivity index (χ3v) is 5.02. The molecular formula is C20H28O. The SMILES string of the molecule is CC/C(C)=C(/c1ccccc1)[C@H]1CC(=O)CC[C@H]1C(C)C. The van der Waals surface area contributed by atoms with E-state index in [-0.39, 0.29) is 0 Å². The second-order valence-corrected chi connectivity index (χ2v) is 6.71. The van der Waals surface area contributed by atoms with Gasteiger partial charge in [0.1, 0.15) is 5.78 Å². The lowest BCUT2D eigenvalue weighted by Crippen LogP contribution is -2.30. The zero-order chi connectivity index (χ0) is 15.4. The van der Waals surface area contributed by atoms with Crippen molar-refractivity contribution in [2.45, 2.75) is 53.4 Å². The molecule has 1 fully saturated rings. The summed E-state index contributed by atoms with van der Waals surface area (Å²) >= 11 is 0. The molecule has 2 rings (SSSR count). The topological polar surface area (TPSA) is 17.1 Å². The Morgan fingerprint density at radius 2 is 1.90 bits per heavy atom. The molecule has 0 saturated heterocycles. The van der Waals surface area contributed by atoms with E-state index in [0.717, 1.165) is 25.7 Å². The molecule has 1 aromatic rings. The van der Waals surface area contributed by atoms with Crippen LogP contribution in [0, 0.1) is 17.8 Å². The average molecular weight is 284 g/mol. The van der Waals surface area contributed by atoms with E-state index < -0.39 is 0 Å². The van der Waals surface area contributed by atoms with E-state index >= 15 is 0 Å². The first-order valence-electron chi connectivity index (χ1n) is 8.31. The molecule has 2 atom stereocenters. The summed E-state index contributed by atoms with van der Waals surface area (Å²) in [5, 5.41) is 0. The molecule has 21 heavy (non-hydrogen) atoms. The molecule has 0 unspecified atom stereocenters. The van der Waals surface area contributed by atoms with E-state index in [9.17, 15) is 4.79 Å². The number of carbonyl (C=O) groups excluding carboxylic acids is 1. The zero-order valence-electron chi connectivity index (χ0n) is 13.9. The minimum absolute atomic E-state index is 0.397. The molecule has 0 heterocycles. The van der Waals surface area contributed by atoms with Gasteiger partial charge in [0.05, 0.1) is 0 Å². The Bertz CT molecular complexity index is 510. The van der Waals surface area contributed by atoms with Crippen LogP contribution >= 0.6 is 0 Å². The van der Waals surface area contributed by atoms with Crippen molar-refractivity contribution in [3.63, 3.8) is 0 Å². The third-order valence-electron chi connectivity index (χ3n) is 5.02. The van der Waals surface area contributed by atoms with Gasteiger partial charge in [-0.15, -0.1) is 0 Å². The number of ketones is 1. The number of benzene rings is 1. The summed E-state index contributed by atoms with van der Waals surface area (Å²) in [6.07, 6.45) is 3.60. The van der Waals surface area contributed by atoms with E-state index in [1.54, 1.807) is 0 Å². The molecule has 1 aromatic carbocycles. The van der Waals surface area contributed by atoms with Crippen molar-refractivity contribution in [3.8, 4) is 0 Å². The Kier molecular flexibility index (Phi) is 5.39. The Morgan fingerprint density at radius 3 is 2.48 bits per heavy atom. The van der Waals surface area contributed by atoms with E-state index in [4.69, 9.17) is 0 Å². The monoisotopic (exact) mass is 284 g/mol. The van der Waals surface area contributed by atoms with Crippen LogP contribution in [0.25, 0.3) is 5.57 Å². The highest BCUT2D eigenvalue weighted by Crippen LogP contribution is 2.43. The first kappa shape index (κ1) is 16.0. The molecule has 1 nitrogen and oxygen atoms in total. The quantitative estimate of drug-likeness (QED) is 0.712. The van der Waals surface area contributed by atoms with Crippen LogP contribution in [0.3, 0.4) is 0 Å². The van der Waals surface area contributed by atoms with Crippen molar-refractivity contribution in [1.29, 1.82) is 0 Å². The maximum Gasteiger partial charge on any atom is 0.133 e. The molecule has 0 bridgehead atoms. The lowest BCUT2D eigenvalue weighted by molar-refractivity contribution is -0.122. The molecule has 114 valence electrons. The molecule has 0 aliphatic heterocycles. The van der Waals surface area contributed by atoms with Crippen LogP contribution in [-0.4, -0.2) is 5.78 Å². The molecular weight excluding hydrogens is 256 g/mol. The summed E-state index contributed by atoms with van der Waals surface area (Å²) in [5.74, 6) is 2.09. The van der Waals surface area contributed by atoms with Gasteiger partial charge in [0, 0.05) is 12.8 Å². The van der Waals surface area contributed by atoms with Gasteiger partial charge in [0.2, 0.25) is 0 Å². The normalized spacial score (nSPS) is 24.1. The molecule has 0 N–H and O–H groups in total. The van der Waals surface area contributed by atoms with E-state index in [1.807, 2.05) is 0 Å². The van der Waals surface area contributed by atoms with Crippen LogP contribution in [0.4, 0.5) is 0 Å². The second kappa shape index (κ2) is 7.06. The van der Waals surface area contributed by atoms with Crippen LogP contribution in [0.2, 0.25) is 0 Å². The van der Waals surface area contributed by atoms with Gasteiger partial charge in [0.25, 0.3) is 0 Å². The molecule has 0 aromatic heterocycles. The second-order valence-electron chi connectivity index (χ2n) is 6.71. The van der Waals surface area contributed by atoms with Crippen molar-refractivity contribution in [2.75, 3.05) is 0 Å². The number of hydrogen-bond donors (Lipinski definition) is 0. The fourth-order valence-corrected chi connectivity index (χ4v) is 3.73. The number of rotatable bonds is 4. The summed E-state index contributed by atoms with van der Waals surface area (Å²) in [7, 11) is 0. The van der Waals surface area contributed by atoms with E-state index in [0.29, 0.717) is 23.5 Å². The van der Waals surface area contributed by atoms with Crippen LogP contribution in [0.5, 0.6) is 0 Å². The Labute approximate surface area is 129 Å². The van der Waals surface area contributed by atoms with Crippen molar-refractivity contribution in [2.24, 2.45) is 17.8 Å². The van der Waals surface area contributed by atoms with Crippen molar-refractivity contribution in [3.05, 3.63) is 41.5 Å². The molecule has 1 aliphatic rings. The highest BCUT2D eigenvalue weighted by Gasteiger charge is 2.34. The molecule has 1 aliphatic carbocycles. The van der Waals surface area contributed by atoms with Gasteiger partial charge in [-0.05, 0) is 48.7 Å². The predicted octanol–water partition coefficient (Wildman–Crippen LogP) is 5.51. The van der Waals surface area contributed by atoms with Gasteiger partial charge in [0.15, 0.2) is 0 Å².